The zero-order valence-corrected chi connectivity index (χ0v) is 9.75. The fourth-order valence-electron chi connectivity index (χ4n) is 1.10. The molecule has 1 aromatic heterocycles. The quantitative estimate of drug-likeness (QED) is 0.708. The predicted molar refractivity (Wildman–Crippen MR) is 55.6 cm³/mol. The molecule has 0 radical (unpaired) electrons. The first-order valence-corrected chi connectivity index (χ1v) is 6.54. The Balaban J connectivity index is 2.59. The van der Waals surface area contributed by atoms with Gasteiger partial charge in [-0.25, -0.2) is 4.68 Å². The molecular weight excluding hydrogens is 224 g/mol. The molecule has 0 aliphatic rings. The minimum Gasteiger partial charge on any atom is -0.260 e. The lowest BCUT2D eigenvalue weighted by molar-refractivity contribution is 0.454. The highest BCUT2D eigenvalue weighted by atomic mass is 35.5. The summed E-state index contributed by atoms with van der Waals surface area (Å²) in [6.45, 7) is 1.99. The highest BCUT2D eigenvalue weighted by Crippen LogP contribution is 2.11. The van der Waals surface area contributed by atoms with Crippen LogP contribution in [0.1, 0.15) is 25.2 Å². The largest absolute Gasteiger partial charge is 0.260 e. The summed E-state index contributed by atoms with van der Waals surface area (Å²) in [5.74, 6) is 1.61. The van der Waals surface area contributed by atoms with E-state index >= 15 is 0 Å². The van der Waals surface area contributed by atoms with Crippen LogP contribution in [0.2, 0.25) is 0 Å². The number of rotatable bonds is 5. The Morgan fingerprint density at radius 3 is 2.93 bits per heavy atom. The second kappa shape index (κ2) is 5.41. The predicted octanol–water partition coefficient (Wildman–Crippen LogP) is 0.741. The van der Waals surface area contributed by atoms with Crippen molar-refractivity contribution < 1.29 is 4.21 Å². The maximum atomic E-state index is 10.9. The van der Waals surface area contributed by atoms with Crippen molar-refractivity contribution in [3.05, 3.63) is 5.82 Å². The minimum absolute atomic E-state index is 0.141. The number of hydrogen-bond donors (Lipinski definition) is 0. The Morgan fingerprint density at radius 1 is 1.64 bits per heavy atom. The van der Waals surface area contributed by atoms with Crippen LogP contribution in [-0.2, 0) is 16.7 Å². The van der Waals surface area contributed by atoms with E-state index in [0.717, 1.165) is 6.42 Å². The number of halogens is 1. The molecule has 0 saturated carbocycles. The summed E-state index contributed by atoms with van der Waals surface area (Å²) in [6, 6.07) is 0.141. The molecule has 80 valence electrons. The van der Waals surface area contributed by atoms with Crippen LogP contribution in [0.5, 0.6) is 0 Å². The summed E-state index contributed by atoms with van der Waals surface area (Å²) in [7, 11) is -0.771. The summed E-state index contributed by atoms with van der Waals surface area (Å²) < 4.78 is 12.6. The summed E-state index contributed by atoms with van der Waals surface area (Å²) in [4.78, 5) is 0. The standard InChI is InChI=1S/C7H13ClN4OS/c1-6(3-4-14(2)13)12-7(5-8)9-10-11-12/h6H,3-5H2,1-2H3. The molecule has 0 aromatic carbocycles. The van der Waals surface area contributed by atoms with Crippen molar-refractivity contribution in [1.29, 1.82) is 0 Å². The van der Waals surface area contributed by atoms with Crippen molar-refractivity contribution in [1.82, 2.24) is 20.2 Å². The van der Waals surface area contributed by atoms with Crippen molar-refractivity contribution in [3.63, 3.8) is 0 Å². The van der Waals surface area contributed by atoms with Crippen molar-refractivity contribution >= 4 is 22.4 Å². The van der Waals surface area contributed by atoms with Gasteiger partial charge in [0, 0.05) is 22.8 Å². The van der Waals surface area contributed by atoms with Crippen molar-refractivity contribution in [2.75, 3.05) is 12.0 Å². The van der Waals surface area contributed by atoms with Crippen LogP contribution >= 0.6 is 11.6 Å². The van der Waals surface area contributed by atoms with E-state index in [-0.39, 0.29) is 6.04 Å². The SMILES string of the molecule is CC(CCS(C)=O)n1nnnc1CCl. The third-order valence-corrected chi connectivity index (χ3v) is 2.97. The number of tetrazole rings is 1. The van der Waals surface area contributed by atoms with Crippen molar-refractivity contribution in [2.24, 2.45) is 0 Å². The van der Waals surface area contributed by atoms with Gasteiger partial charge in [0.05, 0.1) is 11.9 Å². The Labute approximate surface area is 90.3 Å². The molecule has 2 atom stereocenters. The van der Waals surface area contributed by atoms with Crippen molar-refractivity contribution in [2.45, 2.75) is 25.3 Å². The van der Waals surface area contributed by atoms with Gasteiger partial charge in [-0.3, -0.25) is 4.21 Å². The van der Waals surface area contributed by atoms with Crippen LogP contribution in [0.25, 0.3) is 0 Å². The lowest BCUT2D eigenvalue weighted by atomic mass is 10.3. The molecule has 1 aromatic rings. The van der Waals surface area contributed by atoms with Crippen LogP contribution in [-0.4, -0.2) is 36.4 Å². The van der Waals surface area contributed by atoms with E-state index in [1.165, 1.54) is 0 Å². The first-order valence-electron chi connectivity index (χ1n) is 4.28. The van der Waals surface area contributed by atoms with Gasteiger partial charge in [0.15, 0.2) is 5.82 Å². The monoisotopic (exact) mass is 236 g/mol. The van der Waals surface area contributed by atoms with Gasteiger partial charge in [0.1, 0.15) is 0 Å². The van der Waals surface area contributed by atoms with Gasteiger partial charge < -0.3 is 0 Å². The molecule has 5 nitrogen and oxygen atoms in total. The van der Waals surface area contributed by atoms with Gasteiger partial charge in [-0.15, -0.1) is 16.7 Å². The zero-order chi connectivity index (χ0) is 10.6. The fraction of sp³-hybridized carbons (Fsp3) is 0.857. The molecule has 7 heteroatoms. The van der Waals surface area contributed by atoms with E-state index in [2.05, 4.69) is 15.5 Å². The van der Waals surface area contributed by atoms with E-state index in [4.69, 9.17) is 11.6 Å². The van der Waals surface area contributed by atoms with Crippen molar-refractivity contribution in [3.8, 4) is 0 Å². The van der Waals surface area contributed by atoms with Crippen LogP contribution in [0, 0.1) is 0 Å². The van der Waals surface area contributed by atoms with Crippen LogP contribution in [0.4, 0.5) is 0 Å². The summed E-state index contributed by atoms with van der Waals surface area (Å²) in [5.41, 5.74) is 0. The molecule has 0 spiro atoms. The van der Waals surface area contributed by atoms with Crippen LogP contribution < -0.4 is 0 Å². The molecule has 0 bridgehead atoms. The molecule has 0 saturated heterocycles. The van der Waals surface area contributed by atoms with Crippen LogP contribution in [0.3, 0.4) is 0 Å². The lowest BCUT2D eigenvalue weighted by Crippen LogP contribution is -2.13. The lowest BCUT2D eigenvalue weighted by Gasteiger charge is -2.11. The molecule has 0 N–H and O–H groups in total. The minimum atomic E-state index is -0.771. The third-order valence-electron chi connectivity index (χ3n) is 1.92. The molecule has 0 aliphatic heterocycles. The maximum Gasteiger partial charge on any atom is 0.166 e. The summed E-state index contributed by atoms with van der Waals surface area (Å²) in [5, 5.41) is 11.2. The number of nitrogens with zero attached hydrogens (tertiary/aromatic N) is 4. The van der Waals surface area contributed by atoms with Crippen LogP contribution in [0.15, 0.2) is 0 Å². The molecule has 0 fully saturated rings. The number of alkyl halides is 1. The topological polar surface area (TPSA) is 60.7 Å². The van der Waals surface area contributed by atoms with E-state index in [1.54, 1.807) is 10.9 Å². The van der Waals surface area contributed by atoms with E-state index in [9.17, 15) is 4.21 Å². The molecule has 2 unspecified atom stereocenters. The highest BCUT2D eigenvalue weighted by Gasteiger charge is 2.12. The molecule has 0 amide bonds. The first kappa shape index (κ1) is 11.6. The second-order valence-electron chi connectivity index (χ2n) is 3.09. The summed E-state index contributed by atoms with van der Waals surface area (Å²) in [6.07, 6.45) is 2.48. The maximum absolute atomic E-state index is 10.9. The molecular formula is C7H13ClN4OS. The molecule has 1 rings (SSSR count). The van der Waals surface area contributed by atoms with Gasteiger partial charge in [-0.05, 0) is 23.8 Å². The fourth-order valence-corrected chi connectivity index (χ4v) is 1.95. The van der Waals surface area contributed by atoms with Gasteiger partial charge in [-0.1, -0.05) is 0 Å². The van der Waals surface area contributed by atoms with Gasteiger partial charge in [-0.2, -0.15) is 0 Å². The second-order valence-corrected chi connectivity index (χ2v) is 4.91. The van der Waals surface area contributed by atoms with E-state index in [0.29, 0.717) is 17.5 Å². The molecule has 1 heterocycles. The highest BCUT2D eigenvalue weighted by molar-refractivity contribution is 7.84. The summed E-state index contributed by atoms with van der Waals surface area (Å²) >= 11 is 5.66. The normalized spacial score (nSPS) is 15.4. The van der Waals surface area contributed by atoms with Gasteiger partial charge >= 0.3 is 0 Å². The number of hydrogen-bond acceptors (Lipinski definition) is 4. The Hall–Kier alpha value is -0.490. The third kappa shape index (κ3) is 3.02. The van der Waals surface area contributed by atoms with E-state index in [1.807, 2.05) is 6.92 Å². The molecule has 0 aliphatic carbocycles. The Bertz CT molecular complexity index is 316. The Kier molecular flexibility index (Phi) is 4.47. The van der Waals surface area contributed by atoms with Gasteiger partial charge in [0.25, 0.3) is 0 Å². The average molecular weight is 237 g/mol. The average Bonchev–Trinajstić information content (AvgIpc) is 2.61. The smallest absolute Gasteiger partial charge is 0.166 e. The first-order chi connectivity index (χ1) is 6.65. The van der Waals surface area contributed by atoms with E-state index < -0.39 is 10.8 Å². The molecule has 14 heavy (non-hydrogen) atoms. The van der Waals surface area contributed by atoms with Gasteiger partial charge in [0.2, 0.25) is 0 Å². The Morgan fingerprint density at radius 2 is 2.36 bits per heavy atom. The zero-order valence-electron chi connectivity index (χ0n) is 8.18. The number of aromatic nitrogens is 4.